The van der Waals surface area contributed by atoms with Gasteiger partial charge in [0.2, 0.25) is 11.8 Å². The molecule has 0 bridgehead atoms. The predicted octanol–water partition coefficient (Wildman–Crippen LogP) is 2.72. The molecule has 6 heteroatoms. The Morgan fingerprint density at radius 1 is 1.12 bits per heavy atom. The van der Waals surface area contributed by atoms with E-state index in [9.17, 15) is 9.59 Å². The highest BCUT2D eigenvalue weighted by atomic mass is 16.5. The van der Waals surface area contributed by atoms with Crippen LogP contribution >= 0.6 is 0 Å². The van der Waals surface area contributed by atoms with E-state index in [1.54, 1.807) is 18.3 Å². The van der Waals surface area contributed by atoms with Crippen molar-refractivity contribution in [3.8, 4) is 5.88 Å². The molecule has 1 saturated heterocycles. The van der Waals surface area contributed by atoms with Gasteiger partial charge in [0, 0.05) is 44.5 Å². The number of hydrogen-bond donors (Lipinski definition) is 1. The molecule has 3 rings (SSSR count). The fourth-order valence-electron chi connectivity index (χ4n) is 2.84. The highest BCUT2D eigenvalue weighted by Gasteiger charge is 2.24. The van der Waals surface area contributed by atoms with Crippen LogP contribution in [0.4, 0.5) is 5.69 Å². The number of likely N-dealkylation sites (tertiary alicyclic amines) is 1. The van der Waals surface area contributed by atoms with Crippen LogP contribution in [0.1, 0.15) is 30.1 Å². The Morgan fingerprint density at radius 2 is 1.84 bits per heavy atom. The van der Waals surface area contributed by atoms with E-state index in [2.05, 4.69) is 10.3 Å². The Bertz CT molecular complexity index is 723. The van der Waals surface area contributed by atoms with Gasteiger partial charge in [-0.2, -0.15) is 0 Å². The lowest BCUT2D eigenvalue weighted by Crippen LogP contribution is -2.41. The number of rotatable bonds is 4. The summed E-state index contributed by atoms with van der Waals surface area (Å²) in [5.74, 6) is 0.463. The minimum absolute atomic E-state index is 0.0407. The molecule has 1 aromatic carbocycles. The number of pyridine rings is 1. The number of hydrogen-bond acceptors (Lipinski definition) is 4. The fourth-order valence-corrected chi connectivity index (χ4v) is 2.84. The molecule has 0 saturated carbocycles. The molecule has 2 heterocycles. The van der Waals surface area contributed by atoms with Crippen molar-refractivity contribution in [2.75, 3.05) is 18.4 Å². The van der Waals surface area contributed by atoms with Crippen molar-refractivity contribution in [3.63, 3.8) is 0 Å². The van der Waals surface area contributed by atoms with Gasteiger partial charge in [-0.15, -0.1) is 0 Å². The number of benzene rings is 1. The first-order valence-electron chi connectivity index (χ1n) is 8.36. The smallest absolute Gasteiger partial charge is 0.253 e. The number of carbonyl (C=O) groups is 2. The third-order valence-corrected chi connectivity index (χ3v) is 4.09. The third kappa shape index (κ3) is 4.56. The maximum absolute atomic E-state index is 12.4. The van der Waals surface area contributed by atoms with E-state index in [0.29, 0.717) is 24.7 Å². The van der Waals surface area contributed by atoms with Gasteiger partial charge < -0.3 is 15.0 Å². The molecule has 1 fully saturated rings. The van der Waals surface area contributed by atoms with E-state index in [-0.39, 0.29) is 17.9 Å². The number of nitrogens with one attached hydrogen (secondary N) is 1. The van der Waals surface area contributed by atoms with Gasteiger partial charge in [0.1, 0.15) is 6.10 Å². The van der Waals surface area contributed by atoms with E-state index < -0.39 is 0 Å². The molecule has 130 valence electrons. The summed E-state index contributed by atoms with van der Waals surface area (Å²) in [6.45, 7) is 2.79. The lowest BCUT2D eigenvalue weighted by Gasteiger charge is -2.32. The molecule has 1 aromatic heterocycles. The molecule has 2 amide bonds. The van der Waals surface area contributed by atoms with Crippen molar-refractivity contribution in [2.45, 2.75) is 25.9 Å². The van der Waals surface area contributed by atoms with Gasteiger partial charge in [0.05, 0.1) is 11.9 Å². The Kier molecular flexibility index (Phi) is 5.28. The van der Waals surface area contributed by atoms with Crippen LogP contribution in [0.5, 0.6) is 5.88 Å². The second-order valence-corrected chi connectivity index (χ2v) is 6.04. The number of anilines is 1. The first-order valence-corrected chi connectivity index (χ1v) is 8.36. The number of piperidine rings is 1. The van der Waals surface area contributed by atoms with Crippen molar-refractivity contribution in [2.24, 2.45) is 0 Å². The van der Waals surface area contributed by atoms with Crippen LogP contribution in [-0.2, 0) is 4.79 Å². The summed E-state index contributed by atoms with van der Waals surface area (Å²) in [6.07, 6.45) is 3.16. The molecule has 1 N–H and O–H groups in total. The molecular weight excluding hydrogens is 318 g/mol. The summed E-state index contributed by atoms with van der Waals surface area (Å²) < 4.78 is 5.89. The van der Waals surface area contributed by atoms with Gasteiger partial charge in [0.15, 0.2) is 0 Å². The maximum atomic E-state index is 12.4. The summed E-state index contributed by atoms with van der Waals surface area (Å²) in [5, 5.41) is 2.67. The largest absolute Gasteiger partial charge is 0.474 e. The zero-order valence-corrected chi connectivity index (χ0v) is 14.1. The average molecular weight is 339 g/mol. The molecular formula is C19H21N3O3. The number of amides is 2. The maximum Gasteiger partial charge on any atom is 0.253 e. The zero-order valence-electron chi connectivity index (χ0n) is 14.1. The second kappa shape index (κ2) is 7.79. The molecule has 1 aliphatic heterocycles. The molecule has 0 atom stereocenters. The van der Waals surface area contributed by atoms with Crippen molar-refractivity contribution in [1.82, 2.24) is 9.88 Å². The molecule has 2 aromatic rings. The molecule has 25 heavy (non-hydrogen) atoms. The van der Waals surface area contributed by atoms with Gasteiger partial charge >= 0.3 is 0 Å². The van der Waals surface area contributed by atoms with Crippen LogP contribution in [0, 0.1) is 0 Å². The van der Waals surface area contributed by atoms with Crippen LogP contribution in [0.25, 0.3) is 0 Å². The van der Waals surface area contributed by atoms with E-state index in [1.807, 2.05) is 35.2 Å². The van der Waals surface area contributed by atoms with Gasteiger partial charge in [-0.1, -0.05) is 18.2 Å². The molecule has 0 unspecified atom stereocenters. The minimum atomic E-state index is -0.133. The van der Waals surface area contributed by atoms with Gasteiger partial charge in [-0.25, -0.2) is 4.98 Å². The topological polar surface area (TPSA) is 71.5 Å². The summed E-state index contributed by atoms with van der Waals surface area (Å²) in [6, 6.07) is 12.8. The standard InChI is InChI=1S/C19H21N3O3/c1-14(23)21-16-7-8-18(20-13-16)25-17-9-11-22(12-10-17)19(24)15-5-3-2-4-6-15/h2-8,13,17H,9-12H2,1H3,(H,21,23). The van der Waals surface area contributed by atoms with Crippen LogP contribution in [0.3, 0.4) is 0 Å². The van der Waals surface area contributed by atoms with Crippen molar-refractivity contribution < 1.29 is 14.3 Å². The lowest BCUT2D eigenvalue weighted by atomic mass is 10.1. The first-order chi connectivity index (χ1) is 12.1. The molecule has 1 aliphatic rings. The quantitative estimate of drug-likeness (QED) is 0.930. The van der Waals surface area contributed by atoms with Gasteiger partial charge in [0.25, 0.3) is 5.91 Å². The van der Waals surface area contributed by atoms with Crippen LogP contribution in [0.2, 0.25) is 0 Å². The Hall–Kier alpha value is -2.89. The molecule has 0 radical (unpaired) electrons. The van der Waals surface area contributed by atoms with E-state index >= 15 is 0 Å². The van der Waals surface area contributed by atoms with Crippen molar-refractivity contribution in [1.29, 1.82) is 0 Å². The zero-order chi connectivity index (χ0) is 17.6. The molecule has 0 spiro atoms. The Labute approximate surface area is 146 Å². The average Bonchev–Trinajstić information content (AvgIpc) is 2.64. The van der Waals surface area contributed by atoms with Crippen LogP contribution in [-0.4, -0.2) is 40.9 Å². The first kappa shape index (κ1) is 17.0. The van der Waals surface area contributed by atoms with E-state index in [4.69, 9.17) is 4.74 Å². The number of nitrogens with zero attached hydrogens (tertiary/aromatic N) is 2. The Morgan fingerprint density at radius 3 is 2.44 bits per heavy atom. The van der Waals surface area contributed by atoms with Gasteiger partial charge in [-0.05, 0) is 18.2 Å². The SMILES string of the molecule is CC(=O)Nc1ccc(OC2CCN(C(=O)c3ccccc3)CC2)nc1. The monoisotopic (exact) mass is 339 g/mol. The van der Waals surface area contributed by atoms with Crippen molar-refractivity contribution in [3.05, 3.63) is 54.2 Å². The highest BCUT2D eigenvalue weighted by Crippen LogP contribution is 2.20. The number of aromatic nitrogens is 1. The number of ether oxygens (including phenoxy) is 1. The summed E-state index contributed by atoms with van der Waals surface area (Å²) in [5.41, 5.74) is 1.36. The normalized spacial score (nSPS) is 14.8. The predicted molar refractivity (Wildman–Crippen MR) is 94.5 cm³/mol. The summed E-state index contributed by atoms with van der Waals surface area (Å²) in [7, 11) is 0. The molecule has 6 nitrogen and oxygen atoms in total. The van der Waals surface area contributed by atoms with E-state index in [1.165, 1.54) is 6.92 Å². The Balaban J connectivity index is 1.51. The number of carbonyl (C=O) groups excluding carboxylic acids is 2. The summed E-state index contributed by atoms with van der Waals surface area (Å²) in [4.78, 5) is 29.5. The minimum Gasteiger partial charge on any atom is -0.474 e. The van der Waals surface area contributed by atoms with E-state index in [0.717, 1.165) is 18.4 Å². The second-order valence-electron chi connectivity index (χ2n) is 6.04. The third-order valence-electron chi connectivity index (χ3n) is 4.09. The lowest BCUT2D eigenvalue weighted by molar-refractivity contribution is -0.114. The van der Waals surface area contributed by atoms with Gasteiger partial charge in [-0.3, -0.25) is 9.59 Å². The van der Waals surface area contributed by atoms with Crippen LogP contribution in [0.15, 0.2) is 48.7 Å². The summed E-state index contributed by atoms with van der Waals surface area (Å²) >= 11 is 0. The molecule has 0 aliphatic carbocycles. The van der Waals surface area contributed by atoms with Crippen molar-refractivity contribution >= 4 is 17.5 Å². The highest BCUT2D eigenvalue weighted by molar-refractivity contribution is 5.94. The fraction of sp³-hybridized carbons (Fsp3) is 0.316. The van der Waals surface area contributed by atoms with Crippen LogP contribution < -0.4 is 10.1 Å².